The van der Waals surface area contributed by atoms with Crippen LogP contribution >= 0.6 is 0 Å². The fraction of sp³-hybridized carbons (Fsp3) is 0.500. The lowest BCUT2D eigenvalue weighted by molar-refractivity contribution is -0.145. The Morgan fingerprint density at radius 3 is 2.58 bits per heavy atom. The van der Waals surface area contributed by atoms with Gasteiger partial charge in [0.05, 0.1) is 13.2 Å². The lowest BCUT2D eigenvalue weighted by Crippen LogP contribution is -2.36. The molecule has 0 radical (unpaired) electrons. The number of hydrogen-bond acceptors (Lipinski definition) is 3. The maximum Gasteiger partial charge on any atom is 0.320 e. The molecule has 0 saturated carbocycles. The van der Waals surface area contributed by atoms with Crippen LogP contribution in [-0.2, 0) is 16.1 Å². The van der Waals surface area contributed by atoms with Crippen LogP contribution in [-0.4, -0.2) is 30.1 Å². The van der Waals surface area contributed by atoms with E-state index in [-0.39, 0.29) is 25.1 Å². The molecule has 0 amide bonds. The van der Waals surface area contributed by atoms with E-state index in [0.29, 0.717) is 12.2 Å². The molecule has 0 unspecified atom stereocenters. The number of halogens is 2. The first kappa shape index (κ1) is 15.6. The predicted molar refractivity (Wildman–Crippen MR) is 68.5 cm³/mol. The minimum Gasteiger partial charge on any atom is -0.465 e. The van der Waals surface area contributed by atoms with Gasteiger partial charge < -0.3 is 4.74 Å². The monoisotopic (exact) mass is 271 g/mol. The van der Waals surface area contributed by atoms with Gasteiger partial charge >= 0.3 is 5.97 Å². The Balaban J connectivity index is 2.75. The molecule has 0 bridgehead atoms. The van der Waals surface area contributed by atoms with E-state index in [1.807, 2.05) is 13.8 Å². The van der Waals surface area contributed by atoms with Crippen molar-refractivity contribution in [3.63, 3.8) is 0 Å². The summed E-state index contributed by atoms with van der Waals surface area (Å²) in [5.74, 6) is -1.56. The lowest BCUT2D eigenvalue weighted by Gasteiger charge is -2.25. The van der Waals surface area contributed by atoms with E-state index >= 15 is 0 Å². The first-order valence-electron chi connectivity index (χ1n) is 6.27. The van der Waals surface area contributed by atoms with Gasteiger partial charge in [-0.25, -0.2) is 8.78 Å². The van der Waals surface area contributed by atoms with Crippen LogP contribution in [0.15, 0.2) is 18.2 Å². The molecular weight excluding hydrogens is 252 g/mol. The Morgan fingerprint density at radius 2 is 2.05 bits per heavy atom. The van der Waals surface area contributed by atoms with Gasteiger partial charge in [-0.3, -0.25) is 9.69 Å². The zero-order chi connectivity index (χ0) is 14.4. The van der Waals surface area contributed by atoms with Crippen LogP contribution in [0.25, 0.3) is 0 Å². The number of carbonyl (C=O) groups excluding carboxylic acids is 1. The Labute approximate surface area is 112 Å². The Morgan fingerprint density at radius 1 is 1.37 bits per heavy atom. The summed E-state index contributed by atoms with van der Waals surface area (Å²) in [5, 5.41) is 0. The third kappa shape index (κ3) is 4.95. The van der Waals surface area contributed by atoms with Crippen LogP contribution in [0.3, 0.4) is 0 Å². The summed E-state index contributed by atoms with van der Waals surface area (Å²) >= 11 is 0. The molecule has 0 aliphatic rings. The minimum atomic E-state index is -0.609. The SMILES string of the molecule is CCOC(=O)CN(Cc1ccc(F)cc1F)C(C)C. The normalized spacial score (nSPS) is 11.1. The largest absolute Gasteiger partial charge is 0.465 e. The molecule has 0 heterocycles. The molecule has 0 atom stereocenters. The first-order valence-corrected chi connectivity index (χ1v) is 6.27. The van der Waals surface area contributed by atoms with Crippen LogP contribution in [0, 0.1) is 11.6 Å². The van der Waals surface area contributed by atoms with E-state index in [2.05, 4.69) is 0 Å². The number of ether oxygens (including phenoxy) is 1. The van der Waals surface area contributed by atoms with Gasteiger partial charge in [0.25, 0.3) is 0 Å². The topological polar surface area (TPSA) is 29.5 Å². The van der Waals surface area contributed by atoms with E-state index in [9.17, 15) is 13.6 Å². The molecule has 0 fully saturated rings. The fourth-order valence-corrected chi connectivity index (χ4v) is 1.66. The average molecular weight is 271 g/mol. The number of nitrogens with zero attached hydrogens (tertiary/aromatic N) is 1. The van der Waals surface area contributed by atoms with Crippen LogP contribution in [0.1, 0.15) is 26.3 Å². The molecule has 0 N–H and O–H groups in total. The fourth-order valence-electron chi connectivity index (χ4n) is 1.66. The van der Waals surface area contributed by atoms with E-state index in [0.717, 1.165) is 6.07 Å². The zero-order valence-electron chi connectivity index (χ0n) is 11.5. The van der Waals surface area contributed by atoms with Gasteiger partial charge in [0, 0.05) is 24.2 Å². The van der Waals surface area contributed by atoms with Gasteiger partial charge in [0.15, 0.2) is 0 Å². The summed E-state index contributed by atoms with van der Waals surface area (Å²) < 4.78 is 31.3. The van der Waals surface area contributed by atoms with E-state index in [4.69, 9.17) is 4.74 Å². The van der Waals surface area contributed by atoms with Crippen molar-refractivity contribution in [3.05, 3.63) is 35.4 Å². The summed E-state index contributed by atoms with van der Waals surface area (Å²) in [7, 11) is 0. The van der Waals surface area contributed by atoms with Gasteiger partial charge in [-0.1, -0.05) is 6.07 Å². The van der Waals surface area contributed by atoms with E-state index in [1.54, 1.807) is 11.8 Å². The second kappa shape index (κ2) is 7.19. The molecule has 0 aliphatic heterocycles. The van der Waals surface area contributed by atoms with Crippen LogP contribution in [0.5, 0.6) is 0 Å². The standard InChI is InChI=1S/C14H19F2NO2/c1-4-19-14(18)9-17(10(2)3)8-11-5-6-12(15)7-13(11)16/h5-7,10H,4,8-9H2,1-3H3. The third-order valence-electron chi connectivity index (χ3n) is 2.76. The van der Waals surface area contributed by atoms with E-state index < -0.39 is 11.6 Å². The van der Waals surface area contributed by atoms with Crippen molar-refractivity contribution < 1.29 is 18.3 Å². The summed E-state index contributed by atoms with van der Waals surface area (Å²) in [6.45, 7) is 6.18. The van der Waals surface area contributed by atoms with Crippen molar-refractivity contribution >= 4 is 5.97 Å². The summed E-state index contributed by atoms with van der Waals surface area (Å²) in [6.07, 6.45) is 0. The molecule has 0 saturated heterocycles. The molecular formula is C14H19F2NO2. The zero-order valence-corrected chi connectivity index (χ0v) is 11.5. The average Bonchev–Trinajstić information content (AvgIpc) is 2.31. The Hall–Kier alpha value is -1.49. The van der Waals surface area contributed by atoms with Crippen molar-refractivity contribution in [2.24, 2.45) is 0 Å². The molecule has 3 nitrogen and oxygen atoms in total. The highest BCUT2D eigenvalue weighted by molar-refractivity contribution is 5.71. The molecule has 0 spiro atoms. The van der Waals surface area contributed by atoms with Gasteiger partial charge in [-0.2, -0.15) is 0 Å². The van der Waals surface area contributed by atoms with Gasteiger partial charge in [-0.05, 0) is 26.8 Å². The maximum atomic E-state index is 13.6. The van der Waals surface area contributed by atoms with Gasteiger partial charge in [0.1, 0.15) is 11.6 Å². The van der Waals surface area contributed by atoms with E-state index in [1.165, 1.54) is 12.1 Å². The highest BCUT2D eigenvalue weighted by Gasteiger charge is 2.17. The van der Waals surface area contributed by atoms with Crippen LogP contribution in [0.2, 0.25) is 0 Å². The van der Waals surface area contributed by atoms with Crippen LogP contribution in [0.4, 0.5) is 8.78 Å². The van der Waals surface area contributed by atoms with Gasteiger partial charge in [-0.15, -0.1) is 0 Å². The molecule has 0 aromatic heterocycles. The molecule has 1 aromatic rings. The second-order valence-electron chi connectivity index (χ2n) is 4.54. The summed E-state index contributed by atoms with van der Waals surface area (Å²) in [6, 6.07) is 3.50. The van der Waals surface area contributed by atoms with Crippen molar-refractivity contribution in [2.75, 3.05) is 13.2 Å². The quantitative estimate of drug-likeness (QED) is 0.745. The van der Waals surface area contributed by atoms with Crippen molar-refractivity contribution in [1.29, 1.82) is 0 Å². The van der Waals surface area contributed by atoms with Crippen molar-refractivity contribution in [2.45, 2.75) is 33.4 Å². The summed E-state index contributed by atoms with van der Waals surface area (Å²) in [5.41, 5.74) is 0.361. The maximum absolute atomic E-state index is 13.6. The smallest absolute Gasteiger partial charge is 0.320 e. The number of rotatable bonds is 6. The molecule has 1 rings (SSSR count). The lowest BCUT2D eigenvalue weighted by atomic mass is 10.1. The number of hydrogen-bond donors (Lipinski definition) is 0. The van der Waals surface area contributed by atoms with Crippen molar-refractivity contribution in [1.82, 2.24) is 4.90 Å². The third-order valence-corrected chi connectivity index (χ3v) is 2.76. The Bertz CT molecular complexity index is 435. The molecule has 19 heavy (non-hydrogen) atoms. The second-order valence-corrected chi connectivity index (χ2v) is 4.54. The molecule has 5 heteroatoms. The van der Waals surface area contributed by atoms with Gasteiger partial charge in [0.2, 0.25) is 0 Å². The highest BCUT2D eigenvalue weighted by atomic mass is 19.1. The highest BCUT2D eigenvalue weighted by Crippen LogP contribution is 2.14. The van der Waals surface area contributed by atoms with Crippen molar-refractivity contribution in [3.8, 4) is 0 Å². The molecule has 1 aromatic carbocycles. The number of benzene rings is 1. The molecule has 0 aliphatic carbocycles. The number of carbonyl (C=O) groups is 1. The number of esters is 1. The first-order chi connectivity index (χ1) is 8.93. The van der Waals surface area contributed by atoms with Crippen LogP contribution < -0.4 is 0 Å². The summed E-state index contributed by atoms with van der Waals surface area (Å²) in [4.78, 5) is 13.2. The Kier molecular flexibility index (Phi) is 5.89. The molecule has 106 valence electrons. The minimum absolute atomic E-state index is 0.0499. The predicted octanol–water partition coefficient (Wildman–Crippen LogP) is 2.74.